The number of amides is 1. The summed E-state index contributed by atoms with van der Waals surface area (Å²) >= 11 is 12.3. The van der Waals surface area contributed by atoms with Crippen LogP contribution in [0.4, 0.5) is 5.69 Å². The summed E-state index contributed by atoms with van der Waals surface area (Å²) in [6.45, 7) is 0.274. The molecular weight excluding hydrogens is 379 g/mol. The van der Waals surface area contributed by atoms with Crippen LogP contribution in [0.25, 0.3) is 0 Å². The molecule has 27 heavy (non-hydrogen) atoms. The molecule has 3 nitrogen and oxygen atoms in total. The molecule has 0 saturated carbocycles. The number of benzene rings is 3. The lowest BCUT2D eigenvalue weighted by atomic mass is 9.97. The molecule has 3 rings (SSSR count). The summed E-state index contributed by atoms with van der Waals surface area (Å²) in [5.41, 5.74) is 2.77. The second kappa shape index (κ2) is 9.05. The molecule has 0 aliphatic heterocycles. The Balaban J connectivity index is 1.80. The highest BCUT2D eigenvalue weighted by atomic mass is 35.5. The lowest BCUT2D eigenvalue weighted by Gasteiger charge is -2.25. The van der Waals surface area contributed by atoms with Gasteiger partial charge in [-0.3, -0.25) is 4.79 Å². The number of rotatable bonds is 6. The SMILES string of the molecule is C[NH+](CC(=O)Nc1c(Cl)cccc1Cl)C(c1ccccc1)c1ccccc1. The van der Waals surface area contributed by atoms with E-state index in [1.807, 2.05) is 43.4 Å². The fraction of sp³-hybridized carbons (Fsp3) is 0.136. The van der Waals surface area contributed by atoms with Crippen molar-refractivity contribution in [1.82, 2.24) is 0 Å². The summed E-state index contributed by atoms with van der Waals surface area (Å²) in [5, 5.41) is 3.70. The van der Waals surface area contributed by atoms with Crippen LogP contribution >= 0.6 is 23.2 Å². The zero-order chi connectivity index (χ0) is 19.2. The predicted octanol–water partition coefficient (Wildman–Crippen LogP) is 4.24. The van der Waals surface area contributed by atoms with Crippen LogP contribution in [0.1, 0.15) is 17.2 Å². The fourth-order valence-electron chi connectivity index (χ4n) is 3.21. The summed E-state index contributed by atoms with van der Waals surface area (Å²) in [5.74, 6) is -0.139. The van der Waals surface area contributed by atoms with E-state index in [4.69, 9.17) is 23.2 Å². The lowest BCUT2D eigenvalue weighted by Crippen LogP contribution is -3.10. The van der Waals surface area contributed by atoms with Crippen molar-refractivity contribution < 1.29 is 9.69 Å². The molecule has 1 atom stereocenters. The molecule has 3 aromatic carbocycles. The van der Waals surface area contributed by atoms with Gasteiger partial charge in [0, 0.05) is 11.1 Å². The molecule has 3 aromatic rings. The van der Waals surface area contributed by atoms with Crippen molar-refractivity contribution in [3.8, 4) is 0 Å². The standard InChI is InChI=1S/C22H20Cl2N2O/c1-26(15-20(27)25-21-18(23)13-8-14-19(21)24)22(16-9-4-2-5-10-16)17-11-6-3-7-12-17/h2-14,22H,15H2,1H3,(H,25,27)/p+1. The quantitative estimate of drug-likeness (QED) is 0.638. The number of likely N-dealkylation sites (N-methyl/N-ethyl adjacent to an activating group) is 1. The van der Waals surface area contributed by atoms with Crippen LogP contribution in [-0.4, -0.2) is 19.5 Å². The summed E-state index contributed by atoms with van der Waals surface area (Å²) < 4.78 is 0. The average molecular weight is 400 g/mol. The van der Waals surface area contributed by atoms with Gasteiger partial charge >= 0.3 is 0 Å². The van der Waals surface area contributed by atoms with Gasteiger partial charge in [0.05, 0.1) is 22.8 Å². The van der Waals surface area contributed by atoms with Crippen LogP contribution in [0, 0.1) is 0 Å². The van der Waals surface area contributed by atoms with E-state index in [-0.39, 0.29) is 18.5 Å². The monoisotopic (exact) mass is 399 g/mol. The van der Waals surface area contributed by atoms with Gasteiger partial charge in [0.2, 0.25) is 0 Å². The van der Waals surface area contributed by atoms with Gasteiger partial charge in [0.15, 0.2) is 6.54 Å². The molecule has 0 radical (unpaired) electrons. The van der Waals surface area contributed by atoms with Gasteiger partial charge in [0.25, 0.3) is 5.91 Å². The first-order valence-corrected chi connectivity index (χ1v) is 9.48. The average Bonchev–Trinajstić information content (AvgIpc) is 2.67. The van der Waals surface area contributed by atoms with E-state index in [2.05, 4.69) is 29.6 Å². The molecular formula is C22H21Cl2N2O+. The van der Waals surface area contributed by atoms with Crippen LogP contribution in [0.5, 0.6) is 0 Å². The van der Waals surface area contributed by atoms with Gasteiger partial charge in [-0.05, 0) is 12.1 Å². The Kier molecular flexibility index (Phi) is 6.51. The molecule has 0 bridgehead atoms. The van der Waals surface area contributed by atoms with E-state index in [0.29, 0.717) is 15.7 Å². The first-order chi connectivity index (χ1) is 13.1. The largest absolute Gasteiger partial charge is 0.320 e. The van der Waals surface area contributed by atoms with E-state index in [9.17, 15) is 4.79 Å². The highest BCUT2D eigenvalue weighted by molar-refractivity contribution is 6.39. The maximum absolute atomic E-state index is 12.6. The zero-order valence-corrected chi connectivity index (χ0v) is 16.5. The van der Waals surface area contributed by atoms with Crippen LogP contribution in [0.15, 0.2) is 78.9 Å². The van der Waals surface area contributed by atoms with Crippen molar-refractivity contribution in [1.29, 1.82) is 0 Å². The number of nitrogens with one attached hydrogen (secondary N) is 2. The van der Waals surface area contributed by atoms with Crippen molar-refractivity contribution in [2.24, 2.45) is 0 Å². The van der Waals surface area contributed by atoms with Gasteiger partial charge in [-0.2, -0.15) is 0 Å². The highest BCUT2D eigenvalue weighted by Gasteiger charge is 2.25. The molecule has 0 fully saturated rings. The van der Waals surface area contributed by atoms with Crippen LogP contribution < -0.4 is 10.2 Å². The number of para-hydroxylation sites is 1. The van der Waals surface area contributed by atoms with Gasteiger partial charge in [-0.25, -0.2) is 0 Å². The topological polar surface area (TPSA) is 33.5 Å². The molecule has 0 aliphatic rings. The molecule has 1 amide bonds. The minimum atomic E-state index is -0.139. The molecule has 0 heterocycles. The third-order valence-corrected chi connectivity index (χ3v) is 5.06. The minimum absolute atomic E-state index is 0.0415. The number of hydrogen-bond donors (Lipinski definition) is 2. The van der Waals surface area contributed by atoms with E-state index in [1.165, 1.54) is 0 Å². The first kappa shape index (κ1) is 19.4. The Bertz CT molecular complexity index is 841. The highest BCUT2D eigenvalue weighted by Crippen LogP contribution is 2.29. The number of hydrogen-bond acceptors (Lipinski definition) is 1. The van der Waals surface area contributed by atoms with Crippen LogP contribution in [-0.2, 0) is 4.79 Å². The Morgan fingerprint density at radius 2 is 1.33 bits per heavy atom. The third kappa shape index (κ3) is 4.89. The summed E-state index contributed by atoms with van der Waals surface area (Å²) in [6.07, 6.45) is 0. The molecule has 1 unspecified atom stereocenters. The Labute approximate surface area is 169 Å². The second-order valence-electron chi connectivity index (χ2n) is 6.42. The first-order valence-electron chi connectivity index (χ1n) is 8.72. The normalized spacial score (nSPS) is 12.0. The Hall–Kier alpha value is -2.33. The summed E-state index contributed by atoms with van der Waals surface area (Å²) in [4.78, 5) is 13.7. The summed E-state index contributed by atoms with van der Waals surface area (Å²) in [7, 11) is 2.01. The molecule has 138 valence electrons. The van der Waals surface area contributed by atoms with Crippen LogP contribution in [0.3, 0.4) is 0 Å². The molecule has 2 N–H and O–H groups in total. The van der Waals surface area contributed by atoms with E-state index in [1.54, 1.807) is 18.2 Å². The molecule has 0 spiro atoms. The fourth-order valence-corrected chi connectivity index (χ4v) is 3.70. The van der Waals surface area contributed by atoms with E-state index >= 15 is 0 Å². The maximum atomic E-state index is 12.6. The number of quaternary nitrogens is 1. The molecule has 5 heteroatoms. The van der Waals surface area contributed by atoms with Crippen molar-refractivity contribution in [2.45, 2.75) is 6.04 Å². The second-order valence-corrected chi connectivity index (χ2v) is 7.24. The lowest BCUT2D eigenvalue weighted by molar-refractivity contribution is -0.897. The van der Waals surface area contributed by atoms with Crippen LogP contribution in [0.2, 0.25) is 10.0 Å². The predicted molar refractivity (Wildman–Crippen MR) is 112 cm³/mol. The number of anilines is 1. The zero-order valence-electron chi connectivity index (χ0n) is 15.0. The number of carbonyl (C=O) groups is 1. The third-order valence-electron chi connectivity index (χ3n) is 4.43. The number of carbonyl (C=O) groups excluding carboxylic acids is 1. The van der Waals surface area contributed by atoms with Crippen molar-refractivity contribution >= 4 is 34.8 Å². The van der Waals surface area contributed by atoms with Crippen molar-refractivity contribution in [3.63, 3.8) is 0 Å². The van der Waals surface area contributed by atoms with Gasteiger partial charge in [-0.1, -0.05) is 89.9 Å². The minimum Gasteiger partial charge on any atom is -0.320 e. The number of halogens is 2. The van der Waals surface area contributed by atoms with Crippen molar-refractivity contribution in [3.05, 3.63) is 100 Å². The van der Waals surface area contributed by atoms with E-state index < -0.39 is 0 Å². The molecule has 0 aromatic heterocycles. The van der Waals surface area contributed by atoms with Crippen molar-refractivity contribution in [2.75, 3.05) is 18.9 Å². The van der Waals surface area contributed by atoms with Gasteiger partial charge in [0.1, 0.15) is 6.04 Å². The van der Waals surface area contributed by atoms with Gasteiger partial charge in [-0.15, -0.1) is 0 Å². The van der Waals surface area contributed by atoms with Gasteiger partial charge < -0.3 is 10.2 Å². The van der Waals surface area contributed by atoms with E-state index in [0.717, 1.165) is 16.0 Å². The molecule has 0 aliphatic carbocycles. The smallest absolute Gasteiger partial charge is 0.279 e. The summed E-state index contributed by atoms with van der Waals surface area (Å²) in [6, 6.07) is 25.6. The Morgan fingerprint density at radius 3 is 1.81 bits per heavy atom. The molecule has 0 saturated heterocycles. The Morgan fingerprint density at radius 1 is 0.852 bits per heavy atom. The maximum Gasteiger partial charge on any atom is 0.279 e.